The molecule has 2 aliphatic heterocycles. The highest BCUT2D eigenvalue weighted by Gasteiger charge is 2.49. The van der Waals surface area contributed by atoms with E-state index in [1.54, 1.807) is 0 Å². The zero-order valence-electron chi connectivity index (χ0n) is 16.8. The quantitative estimate of drug-likeness (QED) is 0.749. The van der Waals surface area contributed by atoms with Crippen molar-refractivity contribution in [2.45, 2.75) is 38.5 Å². The Labute approximate surface area is 176 Å². The summed E-state index contributed by atoms with van der Waals surface area (Å²) in [4.78, 5) is 19.2. The van der Waals surface area contributed by atoms with Gasteiger partial charge < -0.3 is 4.90 Å². The van der Waals surface area contributed by atoms with E-state index >= 15 is 0 Å². The van der Waals surface area contributed by atoms with Crippen molar-refractivity contribution in [3.8, 4) is 0 Å². The number of amidine groups is 1. The molecule has 0 saturated carbocycles. The number of carbonyl (C=O) groups excluding carboxylic acids is 1. The average Bonchev–Trinajstić information content (AvgIpc) is 3.07. The number of hydrogen-bond acceptors (Lipinski definition) is 4. The predicted octanol–water partition coefficient (Wildman–Crippen LogP) is 3.46. The van der Waals surface area contributed by atoms with E-state index in [1.807, 2.05) is 68.1 Å². The summed E-state index contributed by atoms with van der Waals surface area (Å²) in [5.74, 6) is 0.0236. The monoisotopic (exact) mass is 428 g/mol. The van der Waals surface area contributed by atoms with E-state index < -0.39 is 9.84 Å². The van der Waals surface area contributed by atoms with Crippen LogP contribution in [-0.4, -0.2) is 42.3 Å². The molecule has 0 spiro atoms. The Bertz CT molecular complexity index is 1090. The molecule has 0 radical (unpaired) electrons. The zero-order chi connectivity index (χ0) is 20.8. The summed E-state index contributed by atoms with van der Waals surface area (Å²) in [6.07, 6.45) is 0.236. The van der Waals surface area contributed by atoms with Gasteiger partial charge in [0.1, 0.15) is 0 Å². The molecule has 4 rings (SSSR count). The molecule has 0 N–H and O–H groups in total. The van der Waals surface area contributed by atoms with Crippen LogP contribution >= 0.6 is 11.8 Å². The van der Waals surface area contributed by atoms with Crippen molar-refractivity contribution in [3.05, 3.63) is 64.7 Å². The molecule has 0 aliphatic carbocycles. The topological polar surface area (TPSA) is 66.8 Å². The minimum atomic E-state index is -3.08. The van der Waals surface area contributed by atoms with Crippen LogP contribution in [0.15, 0.2) is 47.5 Å². The number of benzene rings is 2. The summed E-state index contributed by atoms with van der Waals surface area (Å²) in [5, 5.41) is 0.523. The van der Waals surface area contributed by atoms with Crippen molar-refractivity contribution in [2.75, 3.05) is 16.4 Å². The Morgan fingerprint density at radius 1 is 1.10 bits per heavy atom. The van der Waals surface area contributed by atoms with Gasteiger partial charge in [-0.25, -0.2) is 8.42 Å². The predicted molar refractivity (Wildman–Crippen MR) is 120 cm³/mol. The summed E-state index contributed by atoms with van der Waals surface area (Å²) in [7, 11) is -3.08. The van der Waals surface area contributed by atoms with Crippen LogP contribution < -0.4 is 4.90 Å². The zero-order valence-corrected chi connectivity index (χ0v) is 18.4. The first kappa shape index (κ1) is 20.2. The maximum Gasteiger partial charge on any atom is 0.252 e. The van der Waals surface area contributed by atoms with Crippen LogP contribution in [0, 0.1) is 20.8 Å². The number of amides is 1. The van der Waals surface area contributed by atoms with Crippen molar-refractivity contribution in [1.29, 1.82) is 0 Å². The lowest BCUT2D eigenvalue weighted by atomic mass is 10.1. The summed E-state index contributed by atoms with van der Waals surface area (Å²) >= 11 is 1.42. The lowest BCUT2D eigenvalue weighted by Gasteiger charge is -2.28. The summed E-state index contributed by atoms with van der Waals surface area (Å²) in [6.45, 7) is 6.02. The van der Waals surface area contributed by atoms with Gasteiger partial charge in [0.05, 0.1) is 24.0 Å². The van der Waals surface area contributed by atoms with Crippen molar-refractivity contribution in [1.82, 2.24) is 0 Å². The fraction of sp³-hybridized carbons (Fsp3) is 0.364. The number of nitrogens with zero attached hydrogens (tertiary/aromatic N) is 2. The number of aliphatic imine (C=N–C) groups is 1. The average molecular weight is 429 g/mol. The van der Waals surface area contributed by atoms with E-state index in [9.17, 15) is 13.2 Å². The van der Waals surface area contributed by atoms with Gasteiger partial charge in [-0.15, -0.1) is 0 Å². The lowest BCUT2D eigenvalue weighted by molar-refractivity contribution is -0.117. The van der Waals surface area contributed by atoms with Gasteiger partial charge in [-0.1, -0.05) is 59.8 Å². The Morgan fingerprint density at radius 2 is 1.79 bits per heavy atom. The number of aryl methyl sites for hydroxylation is 3. The second-order valence-corrected chi connectivity index (χ2v) is 11.2. The van der Waals surface area contributed by atoms with Gasteiger partial charge >= 0.3 is 0 Å². The largest absolute Gasteiger partial charge is 0.315 e. The van der Waals surface area contributed by atoms with Gasteiger partial charge in [0.15, 0.2) is 15.0 Å². The van der Waals surface area contributed by atoms with Gasteiger partial charge in [0.25, 0.3) is 5.91 Å². The molecule has 5 nitrogen and oxygen atoms in total. The lowest BCUT2D eigenvalue weighted by Crippen LogP contribution is -2.38. The van der Waals surface area contributed by atoms with Crippen molar-refractivity contribution >= 4 is 38.4 Å². The number of rotatable bonds is 3. The standard InChI is InChI=1S/C22H24N2O3S2/c1-14-6-4-9-17(10-14)11-20(25)23-22-24(21-15(2)7-5-8-16(21)3)18-12-29(26,27)13-19(18)28-22/h4-10,18-19H,11-13H2,1-3H3/t18-,19+/m1/s1. The third kappa shape index (κ3) is 4.12. The number of para-hydroxylation sites is 1. The molecule has 2 aromatic rings. The number of sulfone groups is 1. The highest BCUT2D eigenvalue weighted by atomic mass is 32.2. The molecule has 2 aromatic carbocycles. The number of fused-ring (bicyclic) bond motifs is 1. The Hall–Kier alpha value is -2.12. The Morgan fingerprint density at radius 3 is 2.48 bits per heavy atom. The first-order valence-electron chi connectivity index (χ1n) is 9.63. The van der Waals surface area contributed by atoms with Gasteiger partial charge in [0.2, 0.25) is 0 Å². The molecule has 2 heterocycles. The first-order valence-corrected chi connectivity index (χ1v) is 12.3. The van der Waals surface area contributed by atoms with Gasteiger partial charge in [0, 0.05) is 10.9 Å². The fourth-order valence-corrected chi connectivity index (χ4v) is 8.07. The maximum atomic E-state index is 12.7. The van der Waals surface area contributed by atoms with Crippen molar-refractivity contribution in [2.24, 2.45) is 4.99 Å². The molecule has 1 amide bonds. The summed E-state index contributed by atoms with van der Waals surface area (Å²) in [5.41, 5.74) is 5.11. The number of anilines is 1. The van der Waals surface area contributed by atoms with Gasteiger partial charge in [-0.3, -0.25) is 4.79 Å². The number of hydrogen-bond donors (Lipinski definition) is 0. The molecular formula is C22H24N2O3S2. The molecule has 2 aliphatic rings. The molecule has 0 bridgehead atoms. The summed E-state index contributed by atoms with van der Waals surface area (Å²) < 4.78 is 24.5. The first-order chi connectivity index (χ1) is 13.7. The molecule has 152 valence electrons. The minimum Gasteiger partial charge on any atom is -0.315 e. The van der Waals surface area contributed by atoms with Gasteiger partial charge in [-0.05, 0) is 37.5 Å². The van der Waals surface area contributed by atoms with Crippen molar-refractivity contribution < 1.29 is 13.2 Å². The number of carbonyl (C=O) groups is 1. The van der Waals surface area contributed by atoms with E-state index in [-0.39, 0.29) is 35.1 Å². The molecule has 2 fully saturated rings. The second kappa shape index (κ2) is 7.61. The van der Waals surface area contributed by atoms with Crippen LogP contribution in [0.25, 0.3) is 0 Å². The van der Waals surface area contributed by atoms with E-state index in [1.165, 1.54) is 11.8 Å². The molecular weight excluding hydrogens is 404 g/mol. The fourth-order valence-electron chi connectivity index (χ4n) is 4.15. The molecule has 29 heavy (non-hydrogen) atoms. The van der Waals surface area contributed by atoms with E-state index in [2.05, 4.69) is 4.99 Å². The van der Waals surface area contributed by atoms with Crippen LogP contribution in [0.4, 0.5) is 5.69 Å². The van der Waals surface area contributed by atoms with Crippen LogP contribution in [0.3, 0.4) is 0 Å². The number of thioether (sulfide) groups is 1. The molecule has 2 atom stereocenters. The van der Waals surface area contributed by atoms with Crippen LogP contribution in [-0.2, 0) is 21.1 Å². The van der Waals surface area contributed by atoms with E-state index in [4.69, 9.17) is 0 Å². The van der Waals surface area contributed by atoms with Gasteiger partial charge in [-0.2, -0.15) is 4.99 Å². The highest BCUT2D eigenvalue weighted by Crippen LogP contribution is 2.43. The third-order valence-electron chi connectivity index (χ3n) is 5.41. The minimum absolute atomic E-state index is 0.0930. The Kier molecular flexibility index (Phi) is 5.29. The normalized spacial score (nSPS) is 24.1. The van der Waals surface area contributed by atoms with E-state index in [0.29, 0.717) is 5.17 Å². The third-order valence-corrected chi connectivity index (χ3v) is 8.61. The smallest absolute Gasteiger partial charge is 0.252 e. The van der Waals surface area contributed by atoms with E-state index in [0.717, 1.165) is 27.9 Å². The SMILES string of the molecule is Cc1cccc(CC(=O)N=C2S[C@H]3CS(=O)(=O)C[C@H]3N2c2c(C)cccc2C)c1. The van der Waals surface area contributed by atoms with Crippen LogP contribution in [0.2, 0.25) is 0 Å². The maximum absolute atomic E-state index is 12.7. The molecule has 0 aromatic heterocycles. The molecule has 0 unspecified atom stereocenters. The Balaban J connectivity index is 1.70. The summed E-state index contributed by atoms with van der Waals surface area (Å²) in [6, 6.07) is 13.7. The highest BCUT2D eigenvalue weighted by molar-refractivity contribution is 8.16. The molecule has 2 saturated heterocycles. The van der Waals surface area contributed by atoms with Crippen LogP contribution in [0.1, 0.15) is 22.3 Å². The molecule has 7 heteroatoms. The van der Waals surface area contributed by atoms with Crippen molar-refractivity contribution in [3.63, 3.8) is 0 Å². The second-order valence-electron chi connectivity index (χ2n) is 7.86. The van der Waals surface area contributed by atoms with Crippen LogP contribution in [0.5, 0.6) is 0 Å².